The Hall–Kier alpha value is -0.0800. The van der Waals surface area contributed by atoms with E-state index in [1.807, 2.05) is 0 Å². The molecule has 2 heteroatoms. The monoisotopic (exact) mass is 185 g/mol. The van der Waals surface area contributed by atoms with Gasteiger partial charge in [-0.05, 0) is 44.1 Å². The van der Waals surface area contributed by atoms with Crippen molar-refractivity contribution in [3.05, 3.63) is 0 Å². The summed E-state index contributed by atoms with van der Waals surface area (Å²) in [5, 5.41) is 12.1. The van der Waals surface area contributed by atoms with Crippen molar-refractivity contribution in [2.24, 2.45) is 11.8 Å². The van der Waals surface area contributed by atoms with E-state index < -0.39 is 0 Å². The van der Waals surface area contributed by atoms with Gasteiger partial charge in [0.05, 0.1) is 0 Å². The summed E-state index contributed by atoms with van der Waals surface area (Å²) in [5.74, 6) is 1.81. The predicted octanol–water partition coefficient (Wildman–Crippen LogP) is 1.78. The summed E-state index contributed by atoms with van der Waals surface area (Å²) in [6.45, 7) is 6.04. The Kier molecular flexibility index (Phi) is 4.74. The average Bonchev–Trinajstić information content (AvgIpc) is 2.00. The molecule has 1 fully saturated rings. The van der Waals surface area contributed by atoms with Crippen LogP contribution in [0.15, 0.2) is 0 Å². The fourth-order valence-corrected chi connectivity index (χ4v) is 1.92. The van der Waals surface area contributed by atoms with Crippen LogP contribution in [0.2, 0.25) is 0 Å². The van der Waals surface area contributed by atoms with E-state index in [-0.39, 0.29) is 0 Å². The van der Waals surface area contributed by atoms with Gasteiger partial charge in [0.2, 0.25) is 0 Å². The fraction of sp³-hybridized carbons (Fsp3) is 1.00. The molecular weight excluding hydrogens is 162 g/mol. The van der Waals surface area contributed by atoms with E-state index in [2.05, 4.69) is 19.2 Å². The lowest BCUT2D eigenvalue weighted by molar-refractivity contribution is 0.167. The SMILES string of the molecule is CC(C)C1CC(NCCCCO)C1. The van der Waals surface area contributed by atoms with Crippen molar-refractivity contribution in [1.29, 1.82) is 0 Å². The molecule has 1 rings (SSSR count). The largest absolute Gasteiger partial charge is 0.396 e. The lowest BCUT2D eigenvalue weighted by Gasteiger charge is -2.38. The average molecular weight is 185 g/mol. The first-order valence-corrected chi connectivity index (χ1v) is 5.58. The Morgan fingerprint density at radius 1 is 1.31 bits per heavy atom. The van der Waals surface area contributed by atoms with Crippen LogP contribution in [0, 0.1) is 11.8 Å². The quantitative estimate of drug-likeness (QED) is 0.618. The van der Waals surface area contributed by atoms with Gasteiger partial charge in [0, 0.05) is 12.6 Å². The number of hydrogen-bond acceptors (Lipinski definition) is 2. The van der Waals surface area contributed by atoms with Crippen molar-refractivity contribution in [2.75, 3.05) is 13.2 Å². The molecule has 1 aliphatic carbocycles. The molecule has 0 heterocycles. The molecular formula is C11H23NO. The molecule has 0 atom stereocenters. The molecule has 0 amide bonds. The van der Waals surface area contributed by atoms with Gasteiger partial charge in [-0.3, -0.25) is 0 Å². The van der Waals surface area contributed by atoms with Gasteiger partial charge in [-0.1, -0.05) is 13.8 Å². The summed E-state index contributed by atoms with van der Waals surface area (Å²) in [5.41, 5.74) is 0. The summed E-state index contributed by atoms with van der Waals surface area (Å²) in [4.78, 5) is 0. The van der Waals surface area contributed by atoms with E-state index >= 15 is 0 Å². The van der Waals surface area contributed by atoms with Gasteiger partial charge in [0.15, 0.2) is 0 Å². The molecule has 1 aliphatic rings. The second-order valence-corrected chi connectivity index (χ2v) is 4.56. The van der Waals surface area contributed by atoms with Crippen LogP contribution in [-0.2, 0) is 0 Å². The maximum atomic E-state index is 8.59. The minimum absolute atomic E-state index is 0.334. The molecule has 0 aliphatic heterocycles. The lowest BCUT2D eigenvalue weighted by atomic mass is 9.74. The second kappa shape index (κ2) is 5.61. The van der Waals surface area contributed by atoms with Crippen molar-refractivity contribution >= 4 is 0 Å². The predicted molar refractivity (Wildman–Crippen MR) is 55.7 cm³/mol. The molecule has 0 bridgehead atoms. The molecule has 2 nitrogen and oxygen atoms in total. The zero-order chi connectivity index (χ0) is 9.68. The van der Waals surface area contributed by atoms with Gasteiger partial charge in [-0.2, -0.15) is 0 Å². The van der Waals surface area contributed by atoms with Crippen LogP contribution in [0.3, 0.4) is 0 Å². The maximum absolute atomic E-state index is 8.59. The van der Waals surface area contributed by atoms with Crippen molar-refractivity contribution in [3.63, 3.8) is 0 Å². The van der Waals surface area contributed by atoms with Crippen LogP contribution < -0.4 is 5.32 Å². The van der Waals surface area contributed by atoms with Gasteiger partial charge in [-0.25, -0.2) is 0 Å². The molecule has 0 radical (unpaired) electrons. The highest BCUT2D eigenvalue weighted by Crippen LogP contribution is 2.33. The van der Waals surface area contributed by atoms with Gasteiger partial charge in [0.25, 0.3) is 0 Å². The minimum atomic E-state index is 0.334. The molecule has 13 heavy (non-hydrogen) atoms. The third-order valence-electron chi connectivity index (χ3n) is 3.14. The highest BCUT2D eigenvalue weighted by molar-refractivity contribution is 4.86. The Balaban J connectivity index is 1.90. The van der Waals surface area contributed by atoms with E-state index in [1.165, 1.54) is 12.8 Å². The van der Waals surface area contributed by atoms with Crippen molar-refractivity contribution in [2.45, 2.75) is 45.6 Å². The van der Waals surface area contributed by atoms with Crippen molar-refractivity contribution < 1.29 is 5.11 Å². The van der Waals surface area contributed by atoms with E-state index in [1.54, 1.807) is 0 Å². The summed E-state index contributed by atoms with van der Waals surface area (Å²) in [6.07, 6.45) is 4.76. The van der Waals surface area contributed by atoms with Crippen LogP contribution in [-0.4, -0.2) is 24.3 Å². The van der Waals surface area contributed by atoms with E-state index in [4.69, 9.17) is 5.11 Å². The van der Waals surface area contributed by atoms with Gasteiger partial charge in [0.1, 0.15) is 0 Å². The lowest BCUT2D eigenvalue weighted by Crippen LogP contribution is -2.43. The Labute approximate surface area is 81.7 Å². The fourth-order valence-electron chi connectivity index (χ4n) is 1.92. The van der Waals surface area contributed by atoms with Crippen LogP contribution in [0.25, 0.3) is 0 Å². The molecule has 0 aromatic heterocycles. The Morgan fingerprint density at radius 3 is 2.54 bits per heavy atom. The maximum Gasteiger partial charge on any atom is 0.0431 e. The smallest absolute Gasteiger partial charge is 0.0431 e. The van der Waals surface area contributed by atoms with Gasteiger partial charge >= 0.3 is 0 Å². The summed E-state index contributed by atoms with van der Waals surface area (Å²) in [6, 6.07) is 0.770. The molecule has 0 aromatic rings. The summed E-state index contributed by atoms with van der Waals surface area (Å²) >= 11 is 0. The molecule has 78 valence electrons. The van der Waals surface area contributed by atoms with Crippen LogP contribution in [0.5, 0.6) is 0 Å². The summed E-state index contributed by atoms with van der Waals surface area (Å²) < 4.78 is 0. The van der Waals surface area contributed by atoms with Gasteiger partial charge in [-0.15, -0.1) is 0 Å². The van der Waals surface area contributed by atoms with Gasteiger partial charge < -0.3 is 10.4 Å². The first-order chi connectivity index (χ1) is 6.24. The Bertz CT molecular complexity index is 130. The number of unbranched alkanes of at least 4 members (excludes halogenated alkanes) is 1. The van der Waals surface area contributed by atoms with Crippen molar-refractivity contribution in [1.82, 2.24) is 5.32 Å². The second-order valence-electron chi connectivity index (χ2n) is 4.56. The normalized spacial score (nSPS) is 27.7. The molecule has 0 saturated heterocycles. The molecule has 1 saturated carbocycles. The van der Waals surface area contributed by atoms with Crippen molar-refractivity contribution in [3.8, 4) is 0 Å². The minimum Gasteiger partial charge on any atom is -0.396 e. The molecule has 0 aromatic carbocycles. The molecule has 0 unspecified atom stereocenters. The van der Waals surface area contributed by atoms with Crippen LogP contribution in [0.4, 0.5) is 0 Å². The number of nitrogens with one attached hydrogen (secondary N) is 1. The number of hydrogen-bond donors (Lipinski definition) is 2. The summed E-state index contributed by atoms with van der Waals surface area (Å²) in [7, 11) is 0. The molecule has 2 N–H and O–H groups in total. The number of aliphatic hydroxyl groups excluding tert-OH is 1. The van der Waals surface area contributed by atoms with E-state index in [0.29, 0.717) is 6.61 Å². The van der Waals surface area contributed by atoms with Crippen LogP contribution in [0.1, 0.15) is 39.5 Å². The Morgan fingerprint density at radius 2 is 2.00 bits per heavy atom. The third kappa shape index (κ3) is 3.65. The van der Waals surface area contributed by atoms with E-state index in [0.717, 1.165) is 37.3 Å². The zero-order valence-corrected chi connectivity index (χ0v) is 8.92. The third-order valence-corrected chi connectivity index (χ3v) is 3.14. The standard InChI is InChI=1S/C11H23NO/c1-9(2)10-7-11(8-10)12-5-3-4-6-13/h9-13H,3-8H2,1-2H3. The first kappa shape index (κ1) is 11.0. The highest BCUT2D eigenvalue weighted by Gasteiger charge is 2.30. The highest BCUT2D eigenvalue weighted by atomic mass is 16.2. The first-order valence-electron chi connectivity index (χ1n) is 5.58. The van der Waals surface area contributed by atoms with E-state index in [9.17, 15) is 0 Å². The topological polar surface area (TPSA) is 32.3 Å². The number of rotatable bonds is 6. The molecule has 0 spiro atoms. The number of aliphatic hydroxyl groups is 1. The zero-order valence-electron chi connectivity index (χ0n) is 8.92. The van der Waals surface area contributed by atoms with Crippen LogP contribution >= 0.6 is 0 Å².